The van der Waals surface area contributed by atoms with E-state index in [0.717, 1.165) is 73.1 Å². The van der Waals surface area contributed by atoms with Crippen LogP contribution in [0.15, 0.2) is 60.9 Å². The van der Waals surface area contributed by atoms with Crippen LogP contribution in [0.25, 0.3) is 32.7 Å². The topological polar surface area (TPSA) is 203 Å². The van der Waals surface area contributed by atoms with E-state index in [9.17, 15) is 9.59 Å². The predicted octanol–water partition coefficient (Wildman–Crippen LogP) is 9.49. The van der Waals surface area contributed by atoms with Crippen LogP contribution in [0.1, 0.15) is 101 Å². The first-order valence-corrected chi connectivity index (χ1v) is 18.9. The zero-order valence-corrected chi connectivity index (χ0v) is 33.8. The second-order valence-corrected chi connectivity index (χ2v) is 14.6. The van der Waals surface area contributed by atoms with Gasteiger partial charge >= 0.3 is 11.9 Å². The van der Waals surface area contributed by atoms with Crippen LogP contribution < -0.4 is 21.9 Å². The van der Waals surface area contributed by atoms with Gasteiger partial charge in [0.05, 0.1) is 29.7 Å². The molecule has 12 nitrogen and oxygen atoms in total. The van der Waals surface area contributed by atoms with Crippen LogP contribution in [-0.4, -0.2) is 49.8 Å². The second kappa shape index (κ2) is 17.0. The highest BCUT2D eigenvalue weighted by Crippen LogP contribution is 2.36. The summed E-state index contributed by atoms with van der Waals surface area (Å²) in [5, 5.41) is 11.9. The van der Waals surface area contributed by atoms with Gasteiger partial charge in [0.2, 0.25) is 0 Å². The summed E-state index contributed by atoms with van der Waals surface area (Å²) >= 11 is 0. The van der Waals surface area contributed by atoms with E-state index in [1.165, 1.54) is 5.56 Å². The number of aryl methyl sites for hydroxylation is 4. The first kappa shape index (κ1) is 40.9. The summed E-state index contributed by atoms with van der Waals surface area (Å²) < 4.78 is 13.1. The number of H-pyrrole nitrogens is 3. The number of carboxylic acid groups (broad SMARTS) is 1. The van der Waals surface area contributed by atoms with Crippen molar-refractivity contribution in [2.24, 2.45) is 0 Å². The Hall–Kier alpha value is -6.30. The molecule has 0 bridgehead atoms. The van der Waals surface area contributed by atoms with Gasteiger partial charge in [-0.15, -0.1) is 0 Å². The molecule has 296 valence electrons. The Balaban J connectivity index is 0.000000161. The number of hydrogen-bond donors (Lipinski definition) is 7. The third kappa shape index (κ3) is 8.19. The molecular formula is C44H55N7O5. The minimum absolute atomic E-state index is 0.222. The number of nitrogens with one attached hydrogen (secondary N) is 3. The van der Waals surface area contributed by atoms with Crippen LogP contribution in [0.5, 0.6) is 5.75 Å². The van der Waals surface area contributed by atoms with Crippen molar-refractivity contribution >= 4 is 61.7 Å². The van der Waals surface area contributed by atoms with E-state index in [1.54, 1.807) is 13.8 Å². The SMILES string of the molecule is CCOC(=O)c1[nH]c2c(C(C)C)ccc(N)c2c1C.Cc1[nH]c2c(OCCn3cccc3)ccc(N)c2c1C.Cc1c(C(=O)O)[nH]c2c(C(C)C)ccc(N)c12. The zero-order chi connectivity index (χ0) is 41.0. The molecular weight excluding hydrogens is 707 g/mol. The summed E-state index contributed by atoms with van der Waals surface area (Å²) in [4.78, 5) is 32.6. The number of aromatic amines is 3. The first-order chi connectivity index (χ1) is 26.6. The molecule has 0 atom stereocenters. The Bertz CT molecular complexity index is 2500. The number of nitrogens with zero attached hydrogens (tertiary/aromatic N) is 1. The van der Waals surface area contributed by atoms with Crippen molar-refractivity contribution in [3.05, 3.63) is 106 Å². The Morgan fingerprint density at radius 3 is 1.68 bits per heavy atom. The van der Waals surface area contributed by atoms with Crippen LogP contribution in [0.3, 0.4) is 0 Å². The lowest BCUT2D eigenvalue weighted by molar-refractivity contribution is 0.0519. The summed E-state index contributed by atoms with van der Waals surface area (Å²) in [6.45, 7) is 19.8. The van der Waals surface area contributed by atoms with E-state index in [0.29, 0.717) is 47.7 Å². The Kier molecular flexibility index (Phi) is 12.4. The highest BCUT2D eigenvalue weighted by atomic mass is 16.5. The number of aromatic nitrogens is 4. The van der Waals surface area contributed by atoms with Gasteiger partial charge < -0.3 is 51.3 Å². The summed E-state index contributed by atoms with van der Waals surface area (Å²) in [5.41, 5.74) is 29.7. The van der Waals surface area contributed by atoms with E-state index in [2.05, 4.69) is 61.1 Å². The van der Waals surface area contributed by atoms with Crippen LogP contribution >= 0.6 is 0 Å². The lowest BCUT2D eigenvalue weighted by Gasteiger charge is -2.09. The van der Waals surface area contributed by atoms with E-state index >= 15 is 0 Å². The van der Waals surface area contributed by atoms with Gasteiger partial charge in [0.1, 0.15) is 23.7 Å². The smallest absolute Gasteiger partial charge is 0.355 e. The summed E-state index contributed by atoms with van der Waals surface area (Å²) in [5.74, 6) is 0.254. The number of aromatic carboxylic acids is 1. The number of hydrogen-bond acceptors (Lipinski definition) is 7. The monoisotopic (exact) mass is 761 g/mol. The van der Waals surface area contributed by atoms with Gasteiger partial charge in [0.15, 0.2) is 0 Å². The fraction of sp³-hybridized carbons (Fsp3) is 0.318. The zero-order valence-electron chi connectivity index (χ0n) is 33.8. The van der Waals surface area contributed by atoms with Crippen molar-refractivity contribution in [2.45, 2.75) is 80.7 Å². The molecule has 0 saturated carbocycles. The normalized spacial score (nSPS) is 11.2. The van der Waals surface area contributed by atoms with Crippen molar-refractivity contribution in [3.8, 4) is 5.75 Å². The minimum atomic E-state index is -0.951. The van der Waals surface area contributed by atoms with Gasteiger partial charge in [-0.3, -0.25) is 0 Å². The maximum absolute atomic E-state index is 11.9. The molecule has 12 heteroatoms. The van der Waals surface area contributed by atoms with E-state index < -0.39 is 5.97 Å². The third-order valence-electron chi connectivity index (χ3n) is 10.2. The highest BCUT2D eigenvalue weighted by molar-refractivity contribution is 6.05. The highest BCUT2D eigenvalue weighted by Gasteiger charge is 2.21. The molecule has 0 saturated heterocycles. The molecule has 0 radical (unpaired) electrons. The molecule has 3 aromatic carbocycles. The molecule has 0 aliphatic heterocycles. The number of carbonyl (C=O) groups excluding carboxylic acids is 1. The number of carboxylic acids is 1. The largest absolute Gasteiger partial charge is 0.490 e. The number of nitrogen functional groups attached to an aromatic ring is 3. The van der Waals surface area contributed by atoms with Crippen molar-refractivity contribution < 1.29 is 24.2 Å². The maximum atomic E-state index is 11.9. The molecule has 7 aromatic rings. The Morgan fingerprint density at radius 1 is 0.696 bits per heavy atom. The van der Waals surface area contributed by atoms with E-state index in [4.69, 9.17) is 31.8 Å². The quantitative estimate of drug-likeness (QED) is 0.0556. The first-order valence-electron chi connectivity index (χ1n) is 18.9. The van der Waals surface area contributed by atoms with E-state index in [-0.39, 0.29) is 11.7 Å². The minimum Gasteiger partial charge on any atom is -0.490 e. The number of esters is 1. The second-order valence-electron chi connectivity index (χ2n) is 14.6. The van der Waals surface area contributed by atoms with Crippen LogP contribution in [0.4, 0.5) is 17.1 Å². The van der Waals surface area contributed by atoms with E-state index in [1.807, 2.05) is 67.8 Å². The fourth-order valence-electron chi connectivity index (χ4n) is 7.12. The standard InChI is InChI=1S/C16H19N3O.C15H20N2O2.C13H16N2O2/c1-11-12(2)18-16-14(6-5-13(17)15(11)16)20-10-9-19-7-3-4-8-19;1-5-19-15(18)13-9(4)12-11(16)7-6-10(8(2)3)14(12)17-13;1-6(2)8-4-5-9(14)10-7(3)11(13(16)17)15-12(8)10/h3-8,18H,9-10,17H2,1-2H3;6-8,17H,5,16H2,1-4H3;4-6,15H,14H2,1-3H3,(H,16,17). The number of ether oxygens (including phenoxy) is 2. The van der Waals surface area contributed by atoms with Gasteiger partial charge in [-0.05, 0) is 111 Å². The van der Waals surface area contributed by atoms with Crippen molar-refractivity contribution in [2.75, 3.05) is 30.4 Å². The van der Waals surface area contributed by atoms with Crippen molar-refractivity contribution in [1.29, 1.82) is 0 Å². The molecule has 7 rings (SSSR count). The Morgan fingerprint density at radius 2 is 1.18 bits per heavy atom. The lowest BCUT2D eigenvalue weighted by atomic mass is 9.98. The molecule has 4 aromatic heterocycles. The van der Waals surface area contributed by atoms with Crippen LogP contribution in [0, 0.1) is 27.7 Å². The molecule has 0 unspecified atom stereocenters. The number of anilines is 3. The molecule has 0 amide bonds. The van der Waals surface area contributed by atoms with Gasteiger partial charge in [0, 0.05) is 51.3 Å². The molecule has 0 fully saturated rings. The molecule has 4 heterocycles. The van der Waals surface area contributed by atoms with Crippen molar-refractivity contribution in [1.82, 2.24) is 19.5 Å². The van der Waals surface area contributed by atoms with Gasteiger partial charge in [-0.2, -0.15) is 0 Å². The number of carbonyl (C=O) groups is 2. The Labute approximate surface area is 327 Å². The third-order valence-corrected chi connectivity index (χ3v) is 10.2. The molecule has 0 spiro atoms. The predicted molar refractivity (Wildman–Crippen MR) is 228 cm³/mol. The summed E-state index contributed by atoms with van der Waals surface area (Å²) in [7, 11) is 0. The number of nitrogens with two attached hydrogens (primary N) is 3. The van der Waals surface area contributed by atoms with Gasteiger partial charge in [0.25, 0.3) is 0 Å². The molecule has 0 aliphatic rings. The fourth-order valence-corrected chi connectivity index (χ4v) is 7.12. The summed E-state index contributed by atoms with van der Waals surface area (Å²) in [6, 6.07) is 15.6. The van der Waals surface area contributed by atoms with Crippen LogP contribution in [-0.2, 0) is 11.3 Å². The van der Waals surface area contributed by atoms with Crippen molar-refractivity contribution in [3.63, 3.8) is 0 Å². The van der Waals surface area contributed by atoms with Gasteiger partial charge in [-0.25, -0.2) is 9.59 Å². The number of benzene rings is 3. The van der Waals surface area contributed by atoms with Crippen LogP contribution in [0.2, 0.25) is 0 Å². The molecule has 0 aliphatic carbocycles. The lowest BCUT2D eigenvalue weighted by Crippen LogP contribution is -2.06. The van der Waals surface area contributed by atoms with Gasteiger partial charge in [-0.1, -0.05) is 39.8 Å². The molecule has 56 heavy (non-hydrogen) atoms. The average Bonchev–Trinajstić information content (AvgIpc) is 3.93. The average molecular weight is 762 g/mol. The number of rotatable bonds is 9. The number of fused-ring (bicyclic) bond motifs is 3. The maximum Gasteiger partial charge on any atom is 0.355 e. The summed E-state index contributed by atoms with van der Waals surface area (Å²) in [6.07, 6.45) is 4.07. The molecule has 10 N–H and O–H groups in total.